The number of aromatic amines is 1. The van der Waals surface area contributed by atoms with E-state index in [0.29, 0.717) is 11.3 Å². The molecule has 1 amide bonds. The second-order valence-corrected chi connectivity index (χ2v) is 7.83. The first-order valence-electron chi connectivity index (χ1n) is 10.2. The average Bonchev–Trinajstić information content (AvgIpc) is 3.22. The lowest BCUT2D eigenvalue weighted by Crippen LogP contribution is -2.48. The quantitative estimate of drug-likeness (QED) is 0.430. The Balaban J connectivity index is 1.49. The van der Waals surface area contributed by atoms with Crippen molar-refractivity contribution in [1.82, 2.24) is 10.3 Å². The summed E-state index contributed by atoms with van der Waals surface area (Å²) in [6, 6.07) is 15.3. The highest BCUT2D eigenvalue weighted by Gasteiger charge is 2.46. The van der Waals surface area contributed by atoms with Gasteiger partial charge in [0.05, 0.1) is 6.04 Å². The topological polar surface area (TPSA) is 125 Å². The van der Waals surface area contributed by atoms with Crippen LogP contribution in [-0.2, 0) is 16.0 Å². The maximum absolute atomic E-state index is 13.2. The first-order valence-corrected chi connectivity index (χ1v) is 10.2. The summed E-state index contributed by atoms with van der Waals surface area (Å²) in [5.74, 6) is -2.15. The molecule has 0 saturated carbocycles. The number of nitrogens with one attached hydrogen (secondary N) is 2. The SMILES string of the molecule is N[C@@H](Cc1c[nH]c2ccccc12)C(=O)C1(C(=O)O)C=CC(NC(=O)c2ccccc2)=CC1. The zero-order valence-corrected chi connectivity index (χ0v) is 17.2. The number of allylic oxidation sites excluding steroid dienone is 2. The number of carboxylic acids is 1. The first kappa shape index (κ1) is 21.3. The highest BCUT2D eigenvalue weighted by atomic mass is 16.4. The van der Waals surface area contributed by atoms with Gasteiger partial charge in [0.15, 0.2) is 5.78 Å². The van der Waals surface area contributed by atoms with Crippen molar-refractivity contribution >= 4 is 28.6 Å². The van der Waals surface area contributed by atoms with Crippen LogP contribution in [0.25, 0.3) is 10.9 Å². The summed E-state index contributed by atoms with van der Waals surface area (Å²) in [7, 11) is 0. The summed E-state index contributed by atoms with van der Waals surface area (Å²) in [4.78, 5) is 40.8. The van der Waals surface area contributed by atoms with E-state index in [0.717, 1.165) is 16.5 Å². The summed E-state index contributed by atoms with van der Waals surface area (Å²) < 4.78 is 0. The standard InChI is InChI=1S/C25H23N3O4/c26-20(14-17-15-27-21-9-5-4-8-19(17)21)22(29)25(24(31)32)12-10-18(11-13-25)28-23(30)16-6-2-1-3-7-16/h1-12,15,20,27H,13-14,26H2,(H,28,30)(H,31,32)/t20-,25?/m0/s1. The third-order valence-corrected chi connectivity index (χ3v) is 5.76. The van der Waals surface area contributed by atoms with Gasteiger partial charge in [-0.1, -0.05) is 48.6 Å². The number of benzene rings is 2. The molecule has 2 atom stereocenters. The van der Waals surface area contributed by atoms with Crippen LogP contribution in [0.2, 0.25) is 0 Å². The van der Waals surface area contributed by atoms with Gasteiger partial charge in [0.1, 0.15) is 5.41 Å². The molecule has 1 heterocycles. The van der Waals surface area contributed by atoms with Crippen LogP contribution in [0.1, 0.15) is 22.3 Å². The van der Waals surface area contributed by atoms with Gasteiger partial charge in [-0.2, -0.15) is 0 Å². The van der Waals surface area contributed by atoms with E-state index in [1.54, 1.807) is 36.5 Å². The van der Waals surface area contributed by atoms with Crippen molar-refractivity contribution in [1.29, 1.82) is 0 Å². The smallest absolute Gasteiger partial charge is 0.321 e. The number of rotatable bonds is 7. The van der Waals surface area contributed by atoms with Gasteiger partial charge in [-0.25, -0.2) is 0 Å². The Morgan fingerprint density at radius 2 is 1.81 bits per heavy atom. The minimum Gasteiger partial charge on any atom is -0.480 e. The molecule has 7 heteroatoms. The lowest BCUT2D eigenvalue weighted by molar-refractivity contribution is -0.152. The van der Waals surface area contributed by atoms with Crippen LogP contribution in [0.15, 0.2) is 84.7 Å². The number of nitrogens with two attached hydrogens (primary N) is 1. The number of carboxylic acid groups (broad SMARTS) is 1. The molecule has 5 N–H and O–H groups in total. The molecule has 0 spiro atoms. The highest BCUT2D eigenvalue weighted by Crippen LogP contribution is 2.33. The monoisotopic (exact) mass is 429 g/mol. The van der Waals surface area contributed by atoms with Crippen molar-refractivity contribution < 1.29 is 19.5 Å². The molecule has 4 rings (SSSR count). The Kier molecular flexibility index (Phi) is 5.75. The number of aliphatic carboxylic acids is 1. The molecule has 0 bridgehead atoms. The maximum Gasteiger partial charge on any atom is 0.321 e. The number of H-pyrrole nitrogens is 1. The summed E-state index contributed by atoms with van der Waals surface area (Å²) in [6.45, 7) is 0. The van der Waals surface area contributed by atoms with Crippen molar-refractivity contribution in [3.63, 3.8) is 0 Å². The van der Waals surface area contributed by atoms with Crippen LogP contribution >= 0.6 is 0 Å². The number of hydrogen-bond donors (Lipinski definition) is 4. The molecule has 7 nitrogen and oxygen atoms in total. The largest absolute Gasteiger partial charge is 0.480 e. The number of hydrogen-bond acceptors (Lipinski definition) is 4. The van der Waals surface area contributed by atoms with E-state index < -0.39 is 23.2 Å². The Hall–Kier alpha value is -3.97. The molecule has 0 saturated heterocycles. The van der Waals surface area contributed by atoms with Gasteiger partial charge >= 0.3 is 5.97 Å². The fraction of sp³-hybridized carbons (Fsp3) is 0.160. The van der Waals surface area contributed by atoms with E-state index in [-0.39, 0.29) is 18.7 Å². The third-order valence-electron chi connectivity index (χ3n) is 5.76. The van der Waals surface area contributed by atoms with Gasteiger partial charge in [0, 0.05) is 28.4 Å². The molecular weight excluding hydrogens is 406 g/mol. The lowest BCUT2D eigenvalue weighted by Gasteiger charge is -2.29. The highest BCUT2D eigenvalue weighted by molar-refractivity contribution is 6.08. The predicted molar refractivity (Wildman–Crippen MR) is 121 cm³/mol. The van der Waals surface area contributed by atoms with Crippen LogP contribution in [-0.4, -0.2) is 33.8 Å². The molecule has 0 fully saturated rings. The van der Waals surface area contributed by atoms with E-state index >= 15 is 0 Å². The van der Waals surface area contributed by atoms with E-state index in [1.165, 1.54) is 12.2 Å². The average molecular weight is 429 g/mol. The van der Waals surface area contributed by atoms with Crippen LogP contribution < -0.4 is 11.1 Å². The third kappa shape index (κ3) is 3.98. The first-order chi connectivity index (χ1) is 15.4. The second kappa shape index (κ2) is 8.64. The van der Waals surface area contributed by atoms with Crippen molar-refractivity contribution in [2.45, 2.75) is 18.9 Å². The molecule has 0 aliphatic heterocycles. The minimum absolute atomic E-state index is 0.0936. The molecule has 2 aromatic carbocycles. The summed E-state index contributed by atoms with van der Waals surface area (Å²) >= 11 is 0. The summed E-state index contributed by atoms with van der Waals surface area (Å²) in [6.07, 6.45) is 6.24. The van der Waals surface area contributed by atoms with Gasteiger partial charge in [-0.15, -0.1) is 0 Å². The van der Waals surface area contributed by atoms with E-state index in [1.807, 2.05) is 30.3 Å². The lowest BCUT2D eigenvalue weighted by atomic mass is 9.74. The van der Waals surface area contributed by atoms with Crippen molar-refractivity contribution in [2.75, 3.05) is 0 Å². The molecule has 3 aromatic rings. The van der Waals surface area contributed by atoms with Crippen LogP contribution in [0.3, 0.4) is 0 Å². The van der Waals surface area contributed by atoms with E-state index in [4.69, 9.17) is 5.73 Å². The normalized spacial score (nSPS) is 18.7. The Bertz CT molecular complexity index is 1240. The van der Waals surface area contributed by atoms with E-state index in [9.17, 15) is 19.5 Å². The maximum atomic E-state index is 13.2. The number of Topliss-reactive ketones (excluding diaryl/α,β-unsaturated/α-hetero) is 1. The number of amides is 1. The Labute approximate surface area is 184 Å². The van der Waals surface area contributed by atoms with Crippen LogP contribution in [0.5, 0.6) is 0 Å². The van der Waals surface area contributed by atoms with Gasteiger partial charge in [0.25, 0.3) is 5.91 Å². The van der Waals surface area contributed by atoms with Crippen LogP contribution in [0.4, 0.5) is 0 Å². The van der Waals surface area contributed by atoms with Crippen molar-refractivity contribution in [2.24, 2.45) is 11.1 Å². The van der Waals surface area contributed by atoms with Crippen LogP contribution in [0, 0.1) is 5.41 Å². The number of carbonyl (C=O) groups is 3. The number of aromatic nitrogens is 1. The van der Waals surface area contributed by atoms with E-state index in [2.05, 4.69) is 10.3 Å². The summed E-state index contributed by atoms with van der Waals surface area (Å²) in [5, 5.41) is 13.6. The van der Waals surface area contributed by atoms with Crippen molar-refractivity contribution in [3.05, 3.63) is 95.8 Å². The summed E-state index contributed by atoms with van der Waals surface area (Å²) in [5.41, 5.74) is 7.12. The zero-order chi connectivity index (χ0) is 22.7. The minimum atomic E-state index is -1.77. The second-order valence-electron chi connectivity index (χ2n) is 7.83. The zero-order valence-electron chi connectivity index (χ0n) is 17.2. The molecule has 1 aromatic heterocycles. The van der Waals surface area contributed by atoms with Gasteiger partial charge < -0.3 is 21.1 Å². The Morgan fingerprint density at radius 3 is 2.50 bits per heavy atom. The van der Waals surface area contributed by atoms with Gasteiger partial charge in [0.2, 0.25) is 0 Å². The molecular formula is C25H23N3O4. The molecule has 162 valence electrons. The predicted octanol–water partition coefficient (Wildman–Crippen LogP) is 2.95. The fourth-order valence-corrected chi connectivity index (χ4v) is 3.93. The Morgan fingerprint density at radius 1 is 1.09 bits per heavy atom. The van der Waals surface area contributed by atoms with Crippen molar-refractivity contribution in [3.8, 4) is 0 Å². The molecule has 0 radical (unpaired) electrons. The molecule has 1 unspecified atom stereocenters. The number of para-hydroxylation sites is 1. The van der Waals surface area contributed by atoms with Gasteiger partial charge in [-0.05, 0) is 42.7 Å². The molecule has 32 heavy (non-hydrogen) atoms. The van der Waals surface area contributed by atoms with Gasteiger partial charge in [-0.3, -0.25) is 14.4 Å². The number of carbonyl (C=O) groups excluding carboxylic acids is 2. The number of fused-ring (bicyclic) bond motifs is 1. The molecule has 1 aliphatic carbocycles. The molecule has 1 aliphatic rings. The fourth-order valence-electron chi connectivity index (χ4n) is 3.93. The number of ketones is 1.